The van der Waals surface area contributed by atoms with Gasteiger partial charge in [-0.25, -0.2) is 0 Å². The lowest BCUT2D eigenvalue weighted by Gasteiger charge is -2.40. The van der Waals surface area contributed by atoms with E-state index in [2.05, 4.69) is 97.3 Å². The zero-order valence-electron chi connectivity index (χ0n) is 16.4. The molecule has 144 valence electrons. The van der Waals surface area contributed by atoms with Crippen LogP contribution in [0.2, 0.25) is 0 Å². The summed E-state index contributed by atoms with van der Waals surface area (Å²) in [5.41, 5.74) is 8.47. The average Bonchev–Trinajstić information content (AvgIpc) is 2.70. The van der Waals surface area contributed by atoms with E-state index in [-0.39, 0.29) is 5.54 Å². The molecule has 0 aliphatic heterocycles. The smallest absolute Gasteiger partial charge is 0.164 e. The van der Waals surface area contributed by atoms with E-state index in [0.29, 0.717) is 11.7 Å². The van der Waals surface area contributed by atoms with Crippen LogP contribution in [0.4, 0.5) is 0 Å². The Morgan fingerprint density at radius 1 is 0.750 bits per heavy atom. The predicted molar refractivity (Wildman–Crippen MR) is 121 cm³/mol. The van der Waals surface area contributed by atoms with Crippen LogP contribution in [0.3, 0.4) is 0 Å². The Morgan fingerprint density at radius 2 is 1.11 bits per heavy atom. The van der Waals surface area contributed by atoms with Crippen LogP contribution in [0.1, 0.15) is 30.5 Å². The van der Waals surface area contributed by atoms with Crippen molar-refractivity contribution in [2.75, 3.05) is 6.54 Å². The normalized spacial score (nSPS) is 11.8. The quantitative estimate of drug-likeness (QED) is 0.419. The van der Waals surface area contributed by atoms with E-state index in [1.165, 1.54) is 16.7 Å². The van der Waals surface area contributed by atoms with Crippen LogP contribution in [0.5, 0.6) is 0 Å². The molecule has 28 heavy (non-hydrogen) atoms. The van der Waals surface area contributed by atoms with Crippen LogP contribution in [0, 0.1) is 0 Å². The first kappa shape index (κ1) is 20.1. The molecule has 0 unspecified atom stereocenters. The van der Waals surface area contributed by atoms with Crippen molar-refractivity contribution in [1.82, 2.24) is 10.6 Å². The first-order chi connectivity index (χ1) is 13.4. The summed E-state index contributed by atoms with van der Waals surface area (Å²) in [5.74, 6) is 0. The number of hydrogen-bond donors (Lipinski definition) is 3. The standard InChI is InChI=1S/C24H27N3S/c1-23(2,27-22(25)28)18-26-24(19-12-6-3-7-13-19,20-14-8-4-9-15-20)21-16-10-5-11-17-21/h3-17,26H,18H2,1-2H3,(H3,25,27,28). The average molecular weight is 390 g/mol. The lowest BCUT2D eigenvalue weighted by molar-refractivity contribution is 0.365. The zero-order valence-corrected chi connectivity index (χ0v) is 17.2. The number of benzene rings is 3. The van der Waals surface area contributed by atoms with Gasteiger partial charge in [0.2, 0.25) is 0 Å². The number of thiocarbonyl (C=S) groups is 1. The van der Waals surface area contributed by atoms with Crippen molar-refractivity contribution in [3.05, 3.63) is 108 Å². The van der Waals surface area contributed by atoms with Gasteiger partial charge in [0.25, 0.3) is 0 Å². The molecular formula is C24H27N3S. The minimum Gasteiger partial charge on any atom is -0.376 e. The summed E-state index contributed by atoms with van der Waals surface area (Å²) in [7, 11) is 0. The monoisotopic (exact) mass is 389 g/mol. The molecule has 4 N–H and O–H groups in total. The summed E-state index contributed by atoms with van der Waals surface area (Å²) in [5, 5.41) is 7.35. The summed E-state index contributed by atoms with van der Waals surface area (Å²) in [6.45, 7) is 4.83. The van der Waals surface area contributed by atoms with Gasteiger partial charge in [-0.05, 0) is 42.8 Å². The third-order valence-electron chi connectivity index (χ3n) is 4.88. The molecular weight excluding hydrogens is 362 g/mol. The molecule has 0 aliphatic carbocycles. The topological polar surface area (TPSA) is 50.1 Å². The highest BCUT2D eigenvalue weighted by Gasteiger charge is 2.37. The van der Waals surface area contributed by atoms with Gasteiger partial charge in [-0.1, -0.05) is 91.0 Å². The van der Waals surface area contributed by atoms with E-state index in [0.717, 1.165) is 0 Å². The molecule has 3 aromatic carbocycles. The van der Waals surface area contributed by atoms with Crippen LogP contribution in [0.15, 0.2) is 91.0 Å². The van der Waals surface area contributed by atoms with Gasteiger partial charge in [0.1, 0.15) is 0 Å². The second-order valence-corrected chi connectivity index (χ2v) is 8.01. The molecule has 0 aromatic heterocycles. The Balaban J connectivity index is 2.15. The summed E-state index contributed by atoms with van der Waals surface area (Å²) in [6.07, 6.45) is 0. The molecule has 0 saturated heterocycles. The van der Waals surface area contributed by atoms with Crippen LogP contribution in [-0.2, 0) is 5.54 Å². The third-order valence-corrected chi connectivity index (χ3v) is 4.98. The predicted octanol–water partition coefficient (Wildman–Crippen LogP) is 4.18. The first-order valence-electron chi connectivity index (χ1n) is 9.43. The van der Waals surface area contributed by atoms with Crippen LogP contribution in [-0.4, -0.2) is 17.2 Å². The number of nitrogens with two attached hydrogens (primary N) is 1. The SMILES string of the molecule is CC(C)(CNC(c1ccccc1)(c1ccccc1)c1ccccc1)NC(N)=S. The minimum atomic E-state index is -0.501. The fourth-order valence-corrected chi connectivity index (χ4v) is 3.88. The lowest BCUT2D eigenvalue weighted by Crippen LogP contribution is -2.56. The highest BCUT2D eigenvalue weighted by atomic mass is 32.1. The van der Waals surface area contributed by atoms with E-state index in [9.17, 15) is 0 Å². The summed E-state index contributed by atoms with van der Waals surface area (Å²) < 4.78 is 0. The van der Waals surface area contributed by atoms with Crippen molar-refractivity contribution < 1.29 is 0 Å². The second kappa shape index (κ2) is 8.55. The molecule has 0 bridgehead atoms. The largest absolute Gasteiger partial charge is 0.376 e. The molecule has 0 spiro atoms. The van der Waals surface area contributed by atoms with Gasteiger partial charge >= 0.3 is 0 Å². The Bertz CT molecular complexity index is 796. The van der Waals surface area contributed by atoms with Gasteiger partial charge in [-0.2, -0.15) is 0 Å². The number of nitrogens with one attached hydrogen (secondary N) is 2. The fraction of sp³-hybridized carbons (Fsp3) is 0.208. The van der Waals surface area contributed by atoms with Crippen molar-refractivity contribution in [3.63, 3.8) is 0 Å². The van der Waals surface area contributed by atoms with Gasteiger partial charge in [0.05, 0.1) is 5.54 Å². The number of rotatable bonds is 7. The molecule has 0 saturated carbocycles. The Kier molecular flexibility index (Phi) is 6.12. The third kappa shape index (κ3) is 4.41. The molecule has 3 nitrogen and oxygen atoms in total. The summed E-state index contributed by atoms with van der Waals surface area (Å²) in [4.78, 5) is 0. The van der Waals surface area contributed by atoms with E-state index >= 15 is 0 Å². The Hall–Kier alpha value is -2.69. The van der Waals surface area contributed by atoms with Crippen molar-refractivity contribution in [2.24, 2.45) is 5.73 Å². The zero-order chi connectivity index (χ0) is 20.0. The van der Waals surface area contributed by atoms with Gasteiger partial charge in [0, 0.05) is 12.1 Å². The van der Waals surface area contributed by atoms with Crippen molar-refractivity contribution in [3.8, 4) is 0 Å². The number of hydrogen-bond acceptors (Lipinski definition) is 2. The van der Waals surface area contributed by atoms with E-state index in [1.54, 1.807) is 0 Å². The molecule has 0 aliphatic rings. The Morgan fingerprint density at radius 3 is 1.43 bits per heavy atom. The second-order valence-electron chi connectivity index (χ2n) is 7.57. The summed E-state index contributed by atoms with van der Waals surface area (Å²) >= 11 is 5.07. The van der Waals surface area contributed by atoms with E-state index in [1.807, 2.05) is 18.2 Å². The molecule has 3 rings (SSSR count). The molecule has 4 heteroatoms. The van der Waals surface area contributed by atoms with Gasteiger partial charge in [-0.15, -0.1) is 0 Å². The van der Waals surface area contributed by atoms with E-state index in [4.69, 9.17) is 18.0 Å². The lowest BCUT2D eigenvalue weighted by atomic mass is 9.76. The molecule has 3 aromatic rings. The first-order valence-corrected chi connectivity index (χ1v) is 9.84. The van der Waals surface area contributed by atoms with Crippen molar-refractivity contribution in [2.45, 2.75) is 24.9 Å². The maximum atomic E-state index is 5.74. The van der Waals surface area contributed by atoms with Crippen LogP contribution >= 0.6 is 12.2 Å². The summed E-state index contributed by atoms with van der Waals surface area (Å²) in [6, 6.07) is 31.6. The van der Waals surface area contributed by atoms with Crippen LogP contribution in [0.25, 0.3) is 0 Å². The van der Waals surface area contributed by atoms with Gasteiger partial charge < -0.3 is 11.1 Å². The van der Waals surface area contributed by atoms with E-state index < -0.39 is 5.54 Å². The van der Waals surface area contributed by atoms with Crippen LogP contribution < -0.4 is 16.4 Å². The van der Waals surface area contributed by atoms with Crippen molar-refractivity contribution >= 4 is 17.3 Å². The van der Waals surface area contributed by atoms with Crippen molar-refractivity contribution in [1.29, 1.82) is 0 Å². The molecule has 0 atom stereocenters. The highest BCUT2D eigenvalue weighted by Crippen LogP contribution is 2.36. The van der Waals surface area contributed by atoms with Gasteiger partial charge in [-0.3, -0.25) is 5.32 Å². The van der Waals surface area contributed by atoms with Gasteiger partial charge in [0.15, 0.2) is 5.11 Å². The molecule has 0 heterocycles. The minimum absolute atomic E-state index is 0.302. The maximum Gasteiger partial charge on any atom is 0.164 e. The maximum absolute atomic E-state index is 5.74. The fourth-order valence-electron chi connectivity index (χ4n) is 3.60. The molecule has 0 radical (unpaired) electrons. The molecule has 0 amide bonds. The molecule has 0 fully saturated rings. The Labute approximate surface area is 173 Å². The highest BCUT2D eigenvalue weighted by molar-refractivity contribution is 7.80.